The average molecular weight is 937 g/mol. The maximum Gasteiger partial charge on any atom is 0.132 e. The molecule has 4 aromatic carbocycles. The summed E-state index contributed by atoms with van der Waals surface area (Å²) in [6, 6.07) is 30.3. The summed E-state index contributed by atoms with van der Waals surface area (Å²) in [7, 11) is 0. The lowest BCUT2D eigenvalue weighted by Gasteiger charge is -2.23. The van der Waals surface area contributed by atoms with Crippen molar-refractivity contribution < 1.29 is 14.3 Å². The van der Waals surface area contributed by atoms with Gasteiger partial charge in [0.1, 0.15) is 30.5 Å². The predicted octanol–water partition coefficient (Wildman–Crippen LogP) is 14.0. The number of aromatic nitrogens is 4. The van der Waals surface area contributed by atoms with Gasteiger partial charge in [0.15, 0.2) is 0 Å². The molecule has 2 atom stereocenters. The molecular weight excluding hydrogens is 876 g/mol. The Balaban J connectivity index is 0.950. The number of benzene rings is 4. The number of hydrogen-bond acceptors (Lipinski definition) is 5. The number of carbonyl (C=O) groups excluding carboxylic acids is 1. The zero-order valence-electron chi connectivity index (χ0n) is 35.3. The Morgan fingerprint density at radius 1 is 0.567 bits per heavy atom. The molecule has 6 aromatic rings. The van der Waals surface area contributed by atoms with Crippen LogP contribution >= 0.6 is 31.9 Å². The van der Waals surface area contributed by atoms with Gasteiger partial charge in [-0.1, -0.05) is 120 Å². The van der Waals surface area contributed by atoms with Crippen LogP contribution in [0.4, 0.5) is 0 Å². The average Bonchev–Trinajstić information content (AvgIpc) is 4.01. The molecule has 316 valence electrons. The fourth-order valence-electron chi connectivity index (χ4n) is 7.94. The third kappa shape index (κ3) is 13.8. The second-order valence-corrected chi connectivity index (χ2v) is 17.7. The number of hydrogen-bond donors (Lipinski definition) is 0. The van der Waals surface area contributed by atoms with E-state index in [4.69, 9.17) is 9.47 Å². The van der Waals surface area contributed by atoms with Crippen molar-refractivity contribution in [2.75, 3.05) is 0 Å². The van der Waals surface area contributed by atoms with E-state index >= 15 is 0 Å². The van der Waals surface area contributed by atoms with E-state index in [0.29, 0.717) is 31.8 Å². The molecule has 0 aliphatic rings. The molecule has 0 spiro atoms. The maximum absolute atomic E-state index is 12.9. The first-order chi connectivity index (χ1) is 29.4. The molecule has 0 radical (unpaired) electrons. The Morgan fingerprint density at radius 2 is 0.983 bits per heavy atom. The Kier molecular flexibility index (Phi) is 18.1. The van der Waals surface area contributed by atoms with Gasteiger partial charge in [0, 0.05) is 57.7 Å². The van der Waals surface area contributed by atoms with Crippen LogP contribution in [-0.2, 0) is 30.8 Å². The minimum absolute atomic E-state index is 0.159. The number of imidazole rings is 2. The minimum atomic E-state index is 0.159. The number of carbonyl (C=O) groups is 1. The van der Waals surface area contributed by atoms with Crippen LogP contribution in [0.1, 0.15) is 136 Å². The lowest BCUT2D eigenvalue weighted by atomic mass is 9.96. The number of ether oxygens (including phenoxy) is 2. The Bertz CT molecular complexity index is 2000. The topological polar surface area (TPSA) is 71.2 Å². The van der Waals surface area contributed by atoms with Crippen molar-refractivity contribution in [1.82, 2.24) is 19.1 Å². The Hall–Kier alpha value is -4.47. The van der Waals surface area contributed by atoms with Crippen LogP contribution in [0.5, 0.6) is 11.5 Å². The summed E-state index contributed by atoms with van der Waals surface area (Å²) in [4.78, 5) is 21.6. The van der Waals surface area contributed by atoms with E-state index in [-0.39, 0.29) is 12.1 Å². The van der Waals surface area contributed by atoms with Gasteiger partial charge in [-0.25, -0.2) is 9.97 Å². The van der Waals surface area contributed by atoms with Crippen molar-refractivity contribution in [3.63, 3.8) is 0 Å². The molecular formula is C51H60Br2N4O3. The van der Waals surface area contributed by atoms with Crippen LogP contribution in [0.15, 0.2) is 131 Å². The highest BCUT2D eigenvalue weighted by molar-refractivity contribution is 9.10. The van der Waals surface area contributed by atoms with E-state index in [0.717, 1.165) is 109 Å². The number of ketones is 1. The number of halogens is 2. The van der Waals surface area contributed by atoms with Gasteiger partial charge in [-0.2, -0.15) is 0 Å². The van der Waals surface area contributed by atoms with Crippen LogP contribution < -0.4 is 9.47 Å². The Labute approximate surface area is 374 Å². The smallest absolute Gasteiger partial charge is 0.132 e. The van der Waals surface area contributed by atoms with Crippen LogP contribution in [0, 0.1) is 0 Å². The van der Waals surface area contributed by atoms with E-state index < -0.39 is 0 Å². The van der Waals surface area contributed by atoms with Gasteiger partial charge < -0.3 is 18.6 Å². The normalized spacial score (nSPS) is 12.3. The number of unbranched alkanes of at least 4 members (excludes halogenated alkanes) is 4. The number of nitrogens with zero attached hydrogens (tertiary/aromatic N) is 4. The van der Waals surface area contributed by atoms with E-state index in [1.54, 1.807) is 0 Å². The second kappa shape index (κ2) is 24.1. The quantitative estimate of drug-likeness (QED) is 0.0507. The van der Waals surface area contributed by atoms with Crippen molar-refractivity contribution in [2.45, 2.75) is 129 Å². The predicted molar refractivity (Wildman–Crippen MR) is 250 cm³/mol. The SMILES string of the molecule is CCCC(c1cc(CCCCCC(=O)CCCCCc2ccc(OCc3ccc(Br)cc3)c(C(CCC)n3ccnc3)c2)ccc1OCc1ccc(Br)cc1)n1ccnc1. The van der Waals surface area contributed by atoms with Gasteiger partial charge in [0.05, 0.1) is 24.7 Å². The highest BCUT2D eigenvalue weighted by atomic mass is 79.9. The van der Waals surface area contributed by atoms with Gasteiger partial charge >= 0.3 is 0 Å². The monoisotopic (exact) mass is 934 g/mol. The van der Waals surface area contributed by atoms with E-state index in [1.165, 1.54) is 22.3 Å². The van der Waals surface area contributed by atoms with Crippen LogP contribution in [0.3, 0.4) is 0 Å². The summed E-state index contributed by atoms with van der Waals surface area (Å²) < 4.78 is 19.4. The van der Waals surface area contributed by atoms with Gasteiger partial charge in [0.2, 0.25) is 0 Å². The van der Waals surface area contributed by atoms with E-state index in [1.807, 2.05) is 37.4 Å². The molecule has 2 heterocycles. The fraction of sp³-hybridized carbons (Fsp3) is 0.392. The molecule has 0 N–H and O–H groups in total. The summed E-state index contributed by atoms with van der Waals surface area (Å²) in [5, 5.41) is 0. The highest BCUT2D eigenvalue weighted by Gasteiger charge is 2.20. The molecule has 0 saturated heterocycles. The third-order valence-electron chi connectivity index (χ3n) is 11.2. The van der Waals surface area contributed by atoms with Gasteiger partial charge in [-0.05, 0) is 110 Å². The Morgan fingerprint density at radius 3 is 1.37 bits per heavy atom. The van der Waals surface area contributed by atoms with Gasteiger partial charge in [-0.15, -0.1) is 0 Å². The lowest BCUT2D eigenvalue weighted by Crippen LogP contribution is -2.11. The van der Waals surface area contributed by atoms with Crippen molar-refractivity contribution in [3.05, 3.63) is 165 Å². The number of rotatable bonds is 26. The summed E-state index contributed by atoms with van der Waals surface area (Å²) in [5.74, 6) is 2.24. The minimum Gasteiger partial charge on any atom is -0.489 e. The first kappa shape index (κ1) is 45.1. The molecule has 0 bridgehead atoms. The molecule has 60 heavy (non-hydrogen) atoms. The largest absolute Gasteiger partial charge is 0.489 e. The maximum atomic E-state index is 12.9. The van der Waals surface area contributed by atoms with Crippen molar-refractivity contribution in [1.29, 1.82) is 0 Å². The molecule has 0 aliphatic carbocycles. The van der Waals surface area contributed by atoms with Crippen LogP contribution in [0.25, 0.3) is 0 Å². The van der Waals surface area contributed by atoms with Gasteiger partial charge in [-0.3, -0.25) is 4.79 Å². The van der Waals surface area contributed by atoms with Crippen LogP contribution in [0.2, 0.25) is 0 Å². The third-order valence-corrected chi connectivity index (χ3v) is 12.3. The zero-order chi connectivity index (χ0) is 41.9. The summed E-state index contributed by atoms with van der Waals surface area (Å²) in [6.07, 6.45) is 25.2. The highest BCUT2D eigenvalue weighted by Crippen LogP contribution is 2.35. The summed E-state index contributed by atoms with van der Waals surface area (Å²) in [6.45, 7) is 5.48. The van der Waals surface area contributed by atoms with Crippen molar-refractivity contribution in [3.8, 4) is 11.5 Å². The molecule has 6 rings (SSSR count). The molecule has 9 heteroatoms. The standard InChI is InChI=1S/C51H60Br2N4O3/c1-3-11-48(56-31-29-54-37-56)46-33-39(21-27-50(46)59-35-41-17-23-43(52)24-18-41)13-7-5-9-15-45(58)16-10-6-8-14-40-22-28-51(60-36-42-19-25-44(53)26-20-42)47(34-40)49(12-4-2)57-32-30-55-38-57/h17-34,37-38,48-49H,3-16,35-36H2,1-2H3. The van der Waals surface area contributed by atoms with Crippen molar-refractivity contribution in [2.24, 2.45) is 0 Å². The first-order valence-corrected chi connectivity index (χ1v) is 23.5. The van der Waals surface area contributed by atoms with E-state index in [2.05, 4.69) is 150 Å². The molecule has 0 fully saturated rings. The molecule has 0 aliphatic heterocycles. The first-order valence-electron chi connectivity index (χ1n) is 21.9. The molecule has 0 amide bonds. The van der Waals surface area contributed by atoms with Gasteiger partial charge in [0.25, 0.3) is 0 Å². The second-order valence-electron chi connectivity index (χ2n) is 15.9. The lowest BCUT2D eigenvalue weighted by molar-refractivity contribution is -0.119. The fourth-order valence-corrected chi connectivity index (χ4v) is 8.47. The number of aryl methyl sites for hydroxylation is 2. The van der Waals surface area contributed by atoms with Crippen LogP contribution in [-0.4, -0.2) is 24.9 Å². The van der Waals surface area contributed by atoms with Crippen molar-refractivity contribution >= 4 is 37.6 Å². The molecule has 2 unspecified atom stereocenters. The molecule has 0 saturated carbocycles. The summed E-state index contributed by atoms with van der Waals surface area (Å²) in [5.41, 5.74) is 7.30. The molecule has 2 aromatic heterocycles. The van der Waals surface area contributed by atoms with E-state index in [9.17, 15) is 4.79 Å². The number of Topliss-reactive ketones (excluding diaryl/α,β-unsaturated/α-hetero) is 1. The molecule has 7 nitrogen and oxygen atoms in total. The summed E-state index contributed by atoms with van der Waals surface area (Å²) >= 11 is 7.06. The zero-order valence-corrected chi connectivity index (χ0v) is 38.5.